The van der Waals surface area contributed by atoms with Crippen molar-refractivity contribution in [2.45, 2.75) is 39.8 Å². The molecule has 0 radical (unpaired) electrons. The number of aryl methyl sites for hydroxylation is 1. The number of hydrogen-bond donors (Lipinski definition) is 1. The smallest absolute Gasteiger partial charge is 0.271 e. The van der Waals surface area contributed by atoms with Gasteiger partial charge in [-0.2, -0.15) is 5.10 Å². The van der Waals surface area contributed by atoms with E-state index in [1.807, 2.05) is 20.8 Å². The third kappa shape index (κ3) is 2.01. The molecule has 0 aliphatic carbocycles. The molecular formula is C10H17N3O. The van der Waals surface area contributed by atoms with E-state index in [1.54, 1.807) is 6.07 Å². The Kier molecular flexibility index (Phi) is 3.41. The molecule has 1 aromatic heterocycles. The fourth-order valence-electron chi connectivity index (χ4n) is 1.26. The van der Waals surface area contributed by atoms with E-state index in [1.165, 1.54) is 4.68 Å². The molecule has 2 N–H and O–H groups in total. The first kappa shape index (κ1) is 10.9. The maximum absolute atomic E-state index is 11.6. The molecule has 0 spiro atoms. The molecule has 0 fully saturated rings. The van der Waals surface area contributed by atoms with Gasteiger partial charge in [0.2, 0.25) is 0 Å². The van der Waals surface area contributed by atoms with E-state index in [4.69, 9.17) is 5.73 Å². The average Bonchev–Trinajstić information content (AvgIpc) is 2.17. The number of nitrogens with two attached hydrogens (primary N) is 1. The predicted octanol–water partition coefficient (Wildman–Crippen LogP) is 0.845. The van der Waals surface area contributed by atoms with Crippen molar-refractivity contribution in [2.75, 3.05) is 0 Å². The molecule has 4 nitrogen and oxygen atoms in total. The maximum atomic E-state index is 11.6. The van der Waals surface area contributed by atoms with Gasteiger partial charge in [0, 0.05) is 18.7 Å². The number of aromatic nitrogens is 2. The molecule has 1 heterocycles. The minimum absolute atomic E-state index is 0.0700. The Bertz CT molecular complexity index is 340. The van der Waals surface area contributed by atoms with Crippen LogP contribution < -0.4 is 11.3 Å². The summed E-state index contributed by atoms with van der Waals surface area (Å²) in [5.41, 5.74) is 7.00. The minimum atomic E-state index is -0.0700. The van der Waals surface area contributed by atoms with Gasteiger partial charge in [-0.15, -0.1) is 0 Å². The lowest BCUT2D eigenvalue weighted by atomic mass is 10.1. The summed E-state index contributed by atoms with van der Waals surface area (Å²) in [6.07, 6.45) is 0. The van der Waals surface area contributed by atoms with Crippen molar-refractivity contribution in [2.24, 2.45) is 5.73 Å². The van der Waals surface area contributed by atoms with Gasteiger partial charge in [-0.3, -0.25) is 4.79 Å². The zero-order chi connectivity index (χ0) is 10.7. The molecule has 0 aromatic carbocycles. The highest BCUT2D eigenvalue weighted by Gasteiger charge is 2.08. The van der Waals surface area contributed by atoms with Gasteiger partial charge in [0.25, 0.3) is 5.56 Å². The van der Waals surface area contributed by atoms with E-state index in [9.17, 15) is 4.79 Å². The largest absolute Gasteiger partial charge is 0.326 e. The lowest BCUT2D eigenvalue weighted by Gasteiger charge is -2.09. The van der Waals surface area contributed by atoms with Crippen LogP contribution in [0.15, 0.2) is 10.9 Å². The number of hydrogen-bond acceptors (Lipinski definition) is 3. The summed E-state index contributed by atoms with van der Waals surface area (Å²) in [6, 6.07) is 1.80. The third-order valence-electron chi connectivity index (χ3n) is 2.18. The zero-order valence-electron chi connectivity index (χ0n) is 8.95. The van der Waals surface area contributed by atoms with Crippen molar-refractivity contribution in [3.05, 3.63) is 27.7 Å². The Morgan fingerprint density at radius 3 is 2.64 bits per heavy atom. The van der Waals surface area contributed by atoms with Gasteiger partial charge < -0.3 is 5.73 Å². The van der Waals surface area contributed by atoms with E-state index in [0.29, 0.717) is 18.0 Å². The first-order valence-corrected chi connectivity index (χ1v) is 4.91. The second-order valence-electron chi connectivity index (χ2n) is 3.57. The van der Waals surface area contributed by atoms with Crippen LogP contribution >= 0.6 is 0 Å². The second-order valence-corrected chi connectivity index (χ2v) is 3.57. The SMILES string of the molecule is CCn1nc(C(C)C)cc(CN)c1=O. The topological polar surface area (TPSA) is 60.9 Å². The summed E-state index contributed by atoms with van der Waals surface area (Å²) in [5, 5.41) is 4.25. The standard InChI is InChI=1S/C10H17N3O/c1-4-13-10(14)8(6-11)5-9(12-13)7(2)3/h5,7H,4,6,11H2,1-3H3. The van der Waals surface area contributed by atoms with Crippen LogP contribution in [0.25, 0.3) is 0 Å². The molecule has 0 bridgehead atoms. The lowest BCUT2D eigenvalue weighted by Crippen LogP contribution is -2.28. The molecule has 1 rings (SSSR count). The Hall–Kier alpha value is -1.16. The van der Waals surface area contributed by atoms with E-state index in [2.05, 4.69) is 5.10 Å². The Labute approximate surface area is 83.7 Å². The summed E-state index contributed by atoms with van der Waals surface area (Å²) in [4.78, 5) is 11.6. The normalized spacial score (nSPS) is 10.9. The molecule has 0 saturated heterocycles. The van der Waals surface area contributed by atoms with E-state index in [-0.39, 0.29) is 12.1 Å². The van der Waals surface area contributed by atoms with Crippen molar-refractivity contribution < 1.29 is 0 Å². The van der Waals surface area contributed by atoms with Crippen LogP contribution in [0.3, 0.4) is 0 Å². The highest BCUT2D eigenvalue weighted by atomic mass is 16.1. The van der Waals surface area contributed by atoms with Gasteiger partial charge >= 0.3 is 0 Å². The fraction of sp³-hybridized carbons (Fsp3) is 0.600. The highest BCUT2D eigenvalue weighted by molar-refractivity contribution is 5.15. The van der Waals surface area contributed by atoms with E-state index < -0.39 is 0 Å². The van der Waals surface area contributed by atoms with Crippen LogP contribution in [0.2, 0.25) is 0 Å². The van der Waals surface area contributed by atoms with Crippen molar-refractivity contribution in [1.82, 2.24) is 9.78 Å². The third-order valence-corrected chi connectivity index (χ3v) is 2.18. The van der Waals surface area contributed by atoms with E-state index in [0.717, 1.165) is 5.69 Å². The molecule has 0 aliphatic rings. The van der Waals surface area contributed by atoms with Crippen LogP contribution in [-0.4, -0.2) is 9.78 Å². The number of rotatable bonds is 3. The van der Waals surface area contributed by atoms with Gasteiger partial charge in [-0.25, -0.2) is 4.68 Å². The molecule has 0 saturated carbocycles. The van der Waals surface area contributed by atoms with Crippen LogP contribution in [0.4, 0.5) is 0 Å². The van der Waals surface area contributed by atoms with Crippen molar-refractivity contribution in [3.63, 3.8) is 0 Å². The van der Waals surface area contributed by atoms with Gasteiger partial charge in [0.05, 0.1) is 5.69 Å². The first-order valence-electron chi connectivity index (χ1n) is 4.91. The zero-order valence-corrected chi connectivity index (χ0v) is 8.95. The van der Waals surface area contributed by atoms with Crippen LogP contribution in [0, 0.1) is 0 Å². The van der Waals surface area contributed by atoms with Crippen molar-refractivity contribution in [3.8, 4) is 0 Å². The van der Waals surface area contributed by atoms with E-state index >= 15 is 0 Å². The summed E-state index contributed by atoms with van der Waals surface area (Å²) in [7, 11) is 0. The lowest BCUT2D eigenvalue weighted by molar-refractivity contribution is 0.577. The van der Waals surface area contributed by atoms with Gasteiger partial charge in [0.15, 0.2) is 0 Å². The van der Waals surface area contributed by atoms with Crippen molar-refractivity contribution >= 4 is 0 Å². The molecule has 1 aromatic rings. The van der Waals surface area contributed by atoms with Gasteiger partial charge in [0.1, 0.15) is 0 Å². The fourth-order valence-corrected chi connectivity index (χ4v) is 1.26. The number of nitrogens with zero attached hydrogens (tertiary/aromatic N) is 2. The van der Waals surface area contributed by atoms with Crippen LogP contribution in [0.1, 0.15) is 37.9 Å². The van der Waals surface area contributed by atoms with Gasteiger partial charge in [-0.05, 0) is 18.9 Å². The molecular weight excluding hydrogens is 178 g/mol. The molecule has 0 amide bonds. The summed E-state index contributed by atoms with van der Waals surface area (Å²) in [6.45, 7) is 6.87. The Balaban J connectivity index is 3.32. The van der Waals surface area contributed by atoms with Gasteiger partial charge in [-0.1, -0.05) is 13.8 Å². The van der Waals surface area contributed by atoms with Crippen molar-refractivity contribution in [1.29, 1.82) is 0 Å². The molecule has 4 heteroatoms. The molecule has 14 heavy (non-hydrogen) atoms. The average molecular weight is 195 g/mol. The Morgan fingerprint density at radius 2 is 2.21 bits per heavy atom. The summed E-state index contributed by atoms with van der Waals surface area (Å²) < 4.78 is 1.47. The van der Waals surface area contributed by atoms with Crippen LogP contribution in [0.5, 0.6) is 0 Å². The minimum Gasteiger partial charge on any atom is -0.326 e. The Morgan fingerprint density at radius 1 is 1.57 bits per heavy atom. The molecule has 0 aliphatic heterocycles. The summed E-state index contributed by atoms with van der Waals surface area (Å²) >= 11 is 0. The molecule has 78 valence electrons. The van der Waals surface area contributed by atoms with Crippen LogP contribution in [-0.2, 0) is 13.1 Å². The quantitative estimate of drug-likeness (QED) is 0.777. The highest BCUT2D eigenvalue weighted by Crippen LogP contribution is 2.10. The molecule has 0 atom stereocenters. The maximum Gasteiger partial charge on any atom is 0.271 e. The molecule has 0 unspecified atom stereocenters. The predicted molar refractivity (Wildman–Crippen MR) is 56.2 cm³/mol. The first-order chi connectivity index (χ1) is 6.60. The summed E-state index contributed by atoms with van der Waals surface area (Å²) in [5.74, 6) is 0.318. The monoisotopic (exact) mass is 195 g/mol. The second kappa shape index (κ2) is 4.37.